The largest absolute Gasteiger partial charge is 0.381 e. The molecule has 9 heteroatoms. The van der Waals surface area contributed by atoms with Crippen LogP contribution in [0.1, 0.15) is 19.3 Å². The lowest BCUT2D eigenvalue weighted by Crippen LogP contribution is -2.41. The highest BCUT2D eigenvalue weighted by atomic mass is 35.5. The van der Waals surface area contributed by atoms with Crippen LogP contribution in [0.5, 0.6) is 0 Å². The molecule has 0 aliphatic carbocycles. The number of anilines is 1. The number of hydrogen-bond donors (Lipinski definition) is 2. The van der Waals surface area contributed by atoms with Crippen molar-refractivity contribution in [2.45, 2.75) is 29.1 Å². The summed E-state index contributed by atoms with van der Waals surface area (Å²) in [5.74, 6) is 6.41. The molecule has 0 radical (unpaired) electrons. The fraction of sp³-hybridized carbons (Fsp3) is 0.444. The van der Waals surface area contributed by atoms with E-state index in [4.69, 9.17) is 33.8 Å². The van der Waals surface area contributed by atoms with Crippen molar-refractivity contribution in [1.82, 2.24) is 9.97 Å². The van der Waals surface area contributed by atoms with Crippen molar-refractivity contribution < 1.29 is 4.74 Å². The summed E-state index contributed by atoms with van der Waals surface area (Å²) in [6.45, 7) is 3.67. The van der Waals surface area contributed by atoms with Crippen molar-refractivity contribution in [1.29, 1.82) is 0 Å². The van der Waals surface area contributed by atoms with E-state index in [1.807, 2.05) is 12.1 Å². The smallest absolute Gasteiger partial charge is 0.204 e. The van der Waals surface area contributed by atoms with Gasteiger partial charge in [-0.15, -0.1) is 0 Å². The van der Waals surface area contributed by atoms with Gasteiger partial charge in [-0.3, -0.25) is 0 Å². The molecule has 144 valence electrons. The Balaban J connectivity index is 1.53. The van der Waals surface area contributed by atoms with E-state index >= 15 is 0 Å². The van der Waals surface area contributed by atoms with Crippen LogP contribution in [0.2, 0.25) is 10.0 Å². The maximum atomic E-state index is 6.29. The second kappa shape index (κ2) is 7.91. The predicted molar refractivity (Wildman–Crippen MR) is 108 cm³/mol. The minimum absolute atomic E-state index is 0.358. The van der Waals surface area contributed by atoms with Gasteiger partial charge in [0, 0.05) is 30.8 Å². The van der Waals surface area contributed by atoms with Crippen molar-refractivity contribution >= 4 is 40.9 Å². The summed E-state index contributed by atoms with van der Waals surface area (Å²) in [4.78, 5) is 11.7. The van der Waals surface area contributed by atoms with Crippen LogP contribution in [0.4, 0.5) is 5.95 Å². The molecule has 1 aromatic heterocycles. The number of rotatable bonds is 3. The van der Waals surface area contributed by atoms with Gasteiger partial charge in [0.05, 0.1) is 21.5 Å². The monoisotopic (exact) mass is 425 g/mol. The minimum atomic E-state index is 0.358. The van der Waals surface area contributed by atoms with Crippen LogP contribution in [0.15, 0.2) is 39.3 Å². The lowest BCUT2D eigenvalue weighted by molar-refractivity contribution is 0.133. The van der Waals surface area contributed by atoms with Crippen LogP contribution in [-0.4, -0.2) is 36.3 Å². The minimum Gasteiger partial charge on any atom is -0.381 e. The van der Waals surface area contributed by atoms with Crippen molar-refractivity contribution in [3.63, 3.8) is 0 Å². The van der Waals surface area contributed by atoms with Gasteiger partial charge in [0.15, 0.2) is 5.49 Å². The summed E-state index contributed by atoms with van der Waals surface area (Å²) in [6, 6.07) is 5.52. The summed E-state index contributed by atoms with van der Waals surface area (Å²) in [5.41, 5.74) is 0.932. The van der Waals surface area contributed by atoms with E-state index in [1.165, 1.54) is 11.8 Å². The molecule has 2 aromatic rings. The molecule has 2 aliphatic rings. The molecular weight excluding hydrogens is 405 g/mol. The van der Waals surface area contributed by atoms with Crippen molar-refractivity contribution in [2.75, 3.05) is 31.2 Å². The van der Waals surface area contributed by atoms with Crippen LogP contribution in [0.25, 0.3) is 0 Å². The van der Waals surface area contributed by atoms with E-state index in [0.29, 0.717) is 20.9 Å². The van der Waals surface area contributed by atoms with Crippen LogP contribution < -0.4 is 16.2 Å². The maximum Gasteiger partial charge on any atom is 0.204 e. The fourth-order valence-corrected chi connectivity index (χ4v) is 4.99. The molecule has 2 saturated heterocycles. The predicted octanol–water partition coefficient (Wildman–Crippen LogP) is 3.65. The van der Waals surface area contributed by atoms with Crippen molar-refractivity contribution in [3.8, 4) is 0 Å². The number of nitrogens with one attached hydrogen (secondary N) is 1. The SMILES string of the molecule is N/N=c1\[nH]c(N2CCC3(CCOC3)CC2)ncc1Sc1cccc(Cl)c1Cl. The number of H-pyrrole nitrogens is 1. The Morgan fingerprint density at radius 1 is 1.22 bits per heavy atom. The van der Waals surface area contributed by atoms with Gasteiger partial charge in [-0.05, 0) is 36.8 Å². The molecule has 0 amide bonds. The number of piperidine rings is 1. The average molecular weight is 426 g/mol. The van der Waals surface area contributed by atoms with Gasteiger partial charge < -0.3 is 20.5 Å². The van der Waals surface area contributed by atoms with E-state index in [9.17, 15) is 0 Å². The van der Waals surface area contributed by atoms with Crippen LogP contribution in [0, 0.1) is 5.41 Å². The molecule has 2 aliphatic heterocycles. The van der Waals surface area contributed by atoms with E-state index in [2.05, 4.69) is 20.0 Å². The molecule has 3 heterocycles. The number of aromatic amines is 1. The number of ether oxygens (including phenoxy) is 1. The number of hydrogen-bond acceptors (Lipinski definition) is 6. The van der Waals surface area contributed by atoms with Crippen LogP contribution in [0.3, 0.4) is 0 Å². The molecule has 0 saturated carbocycles. The normalized spacial score (nSPS) is 19.8. The quantitative estimate of drug-likeness (QED) is 0.579. The first kappa shape index (κ1) is 18.9. The first-order valence-corrected chi connectivity index (χ1v) is 10.5. The average Bonchev–Trinajstić information content (AvgIpc) is 3.14. The molecule has 6 nitrogen and oxygen atoms in total. The molecular formula is C18H21Cl2N5OS. The highest BCUT2D eigenvalue weighted by Gasteiger charge is 2.38. The zero-order chi connectivity index (χ0) is 18.9. The first-order chi connectivity index (χ1) is 13.1. The third kappa shape index (κ3) is 3.92. The Morgan fingerprint density at radius 2 is 2.04 bits per heavy atom. The summed E-state index contributed by atoms with van der Waals surface area (Å²) in [5, 5.41) is 4.93. The van der Waals surface area contributed by atoms with Gasteiger partial charge >= 0.3 is 0 Å². The van der Waals surface area contributed by atoms with E-state index in [0.717, 1.165) is 61.3 Å². The van der Waals surface area contributed by atoms with Crippen molar-refractivity contribution in [3.05, 3.63) is 39.9 Å². The Kier molecular flexibility index (Phi) is 5.55. The highest BCUT2D eigenvalue weighted by Crippen LogP contribution is 2.40. The topological polar surface area (TPSA) is 79.5 Å². The standard InChI is InChI=1S/C18H21Cl2N5OS/c19-12-2-1-3-13(15(12)20)27-14-10-22-17(23-16(14)24-21)25-7-4-18(5-8-25)6-9-26-11-18/h1-3,10H,4-9,11,21H2,(H,22,23,24). The van der Waals surface area contributed by atoms with Gasteiger partial charge in [0.2, 0.25) is 5.95 Å². The second-order valence-corrected chi connectivity index (χ2v) is 8.86. The van der Waals surface area contributed by atoms with Gasteiger partial charge in [-0.1, -0.05) is 41.0 Å². The fourth-order valence-electron chi connectivity index (χ4n) is 3.63. The number of aromatic nitrogens is 2. The Labute approximate surface area is 172 Å². The summed E-state index contributed by atoms with van der Waals surface area (Å²) >= 11 is 13.8. The zero-order valence-electron chi connectivity index (χ0n) is 14.8. The zero-order valence-corrected chi connectivity index (χ0v) is 17.1. The van der Waals surface area contributed by atoms with E-state index in [-0.39, 0.29) is 0 Å². The number of nitrogens with zero attached hydrogens (tertiary/aromatic N) is 3. The lowest BCUT2D eigenvalue weighted by atomic mass is 9.78. The Hall–Kier alpha value is -1.41. The third-order valence-corrected chi connectivity index (χ3v) is 7.35. The summed E-state index contributed by atoms with van der Waals surface area (Å²) in [6.07, 6.45) is 5.18. The summed E-state index contributed by atoms with van der Waals surface area (Å²) < 4.78 is 5.61. The molecule has 0 atom stereocenters. The lowest BCUT2D eigenvalue weighted by Gasteiger charge is -2.38. The first-order valence-electron chi connectivity index (χ1n) is 8.88. The van der Waals surface area contributed by atoms with E-state index in [1.54, 1.807) is 12.3 Å². The highest BCUT2D eigenvalue weighted by molar-refractivity contribution is 7.99. The molecule has 4 rings (SSSR count). The third-order valence-electron chi connectivity index (χ3n) is 5.34. The number of halogens is 2. The molecule has 1 spiro atoms. The van der Waals surface area contributed by atoms with Gasteiger partial charge in [-0.2, -0.15) is 5.10 Å². The number of benzene rings is 1. The molecule has 2 fully saturated rings. The Bertz CT molecular complexity index is 888. The van der Waals surface area contributed by atoms with Gasteiger partial charge in [0.1, 0.15) is 0 Å². The Morgan fingerprint density at radius 3 is 2.74 bits per heavy atom. The molecule has 27 heavy (non-hydrogen) atoms. The molecule has 1 aromatic carbocycles. The second-order valence-electron chi connectivity index (χ2n) is 6.99. The maximum absolute atomic E-state index is 6.29. The molecule has 0 unspecified atom stereocenters. The van der Waals surface area contributed by atoms with Crippen molar-refractivity contribution in [2.24, 2.45) is 16.4 Å². The van der Waals surface area contributed by atoms with E-state index < -0.39 is 0 Å². The molecule has 0 bridgehead atoms. The van der Waals surface area contributed by atoms with Gasteiger partial charge in [-0.25, -0.2) is 4.98 Å². The molecule has 3 N–H and O–H groups in total. The van der Waals surface area contributed by atoms with Gasteiger partial charge in [0.25, 0.3) is 0 Å². The summed E-state index contributed by atoms with van der Waals surface area (Å²) in [7, 11) is 0. The van der Waals surface area contributed by atoms with Crippen LogP contribution >= 0.6 is 35.0 Å². The van der Waals surface area contributed by atoms with Crippen LogP contribution in [-0.2, 0) is 4.74 Å². The number of nitrogens with two attached hydrogens (primary N) is 1.